The minimum absolute atomic E-state index is 0.132. The summed E-state index contributed by atoms with van der Waals surface area (Å²) in [6.45, 7) is -0.132. The Morgan fingerprint density at radius 3 is 2.77 bits per heavy atom. The number of nitrogens with zero attached hydrogens (tertiary/aromatic N) is 1. The third kappa shape index (κ3) is 3.09. The zero-order valence-corrected chi connectivity index (χ0v) is 12.1. The monoisotopic (exact) mass is 297 g/mol. The number of hydrogen-bond donors (Lipinski definition) is 0. The minimum Gasteiger partial charge on any atom is -0.482 e. The predicted octanol–water partition coefficient (Wildman–Crippen LogP) is 2.97. The number of methoxy groups -OCH3 is 1. The van der Waals surface area contributed by atoms with Crippen LogP contribution in [0.25, 0.3) is 11.0 Å². The van der Waals surface area contributed by atoms with Gasteiger partial charge in [0.25, 0.3) is 0 Å². The van der Waals surface area contributed by atoms with Gasteiger partial charge in [0.15, 0.2) is 12.2 Å². The fourth-order valence-electron chi connectivity index (χ4n) is 2.18. The van der Waals surface area contributed by atoms with Crippen molar-refractivity contribution in [1.29, 1.82) is 0 Å². The van der Waals surface area contributed by atoms with Crippen LogP contribution in [-0.4, -0.2) is 24.8 Å². The van der Waals surface area contributed by atoms with E-state index in [1.807, 2.05) is 36.4 Å². The highest BCUT2D eigenvalue weighted by Gasteiger charge is 2.10. The van der Waals surface area contributed by atoms with Crippen molar-refractivity contribution in [1.82, 2.24) is 5.16 Å². The Morgan fingerprint density at radius 2 is 2.00 bits per heavy atom. The van der Waals surface area contributed by atoms with Crippen molar-refractivity contribution in [2.45, 2.75) is 6.42 Å². The Kier molecular flexibility index (Phi) is 4.05. The summed E-state index contributed by atoms with van der Waals surface area (Å²) in [7, 11) is 1.32. The van der Waals surface area contributed by atoms with Gasteiger partial charge in [-0.15, -0.1) is 0 Å². The molecule has 0 aliphatic rings. The topological polar surface area (TPSA) is 61.6 Å². The maximum atomic E-state index is 11.1. The molecule has 112 valence electrons. The molecule has 22 heavy (non-hydrogen) atoms. The van der Waals surface area contributed by atoms with E-state index in [2.05, 4.69) is 9.89 Å². The molecule has 1 aromatic heterocycles. The summed E-state index contributed by atoms with van der Waals surface area (Å²) in [5.74, 6) is 0.114. The Hall–Kier alpha value is -2.82. The van der Waals surface area contributed by atoms with Gasteiger partial charge in [0.05, 0.1) is 12.8 Å². The van der Waals surface area contributed by atoms with Gasteiger partial charge in [0.2, 0.25) is 0 Å². The Balaban J connectivity index is 1.79. The van der Waals surface area contributed by atoms with Crippen LogP contribution in [0.4, 0.5) is 0 Å². The number of carbonyl (C=O) groups is 1. The highest BCUT2D eigenvalue weighted by Crippen LogP contribution is 2.25. The molecular formula is C17H15NO4. The van der Waals surface area contributed by atoms with Crippen LogP contribution in [0.15, 0.2) is 53.1 Å². The second-order valence-electron chi connectivity index (χ2n) is 4.81. The molecule has 0 spiro atoms. The molecule has 0 N–H and O–H groups in total. The maximum absolute atomic E-state index is 11.1. The largest absolute Gasteiger partial charge is 0.482 e. The molecule has 0 radical (unpaired) electrons. The lowest BCUT2D eigenvalue weighted by Crippen LogP contribution is -2.12. The zero-order chi connectivity index (χ0) is 15.4. The summed E-state index contributed by atoms with van der Waals surface area (Å²) in [6, 6.07) is 15.5. The number of esters is 1. The molecule has 5 nitrogen and oxygen atoms in total. The number of ether oxygens (including phenoxy) is 2. The van der Waals surface area contributed by atoms with Gasteiger partial charge in [0.1, 0.15) is 5.75 Å². The minimum atomic E-state index is -0.428. The van der Waals surface area contributed by atoms with Crippen molar-refractivity contribution < 1.29 is 18.8 Å². The van der Waals surface area contributed by atoms with Gasteiger partial charge in [-0.25, -0.2) is 4.79 Å². The molecule has 0 bridgehead atoms. The predicted molar refractivity (Wildman–Crippen MR) is 80.8 cm³/mol. The standard InChI is InChI=1S/C17H15NO4/c1-20-17(19)11-21-13-7-8-14-15(18-22-16(14)10-13)9-12-5-3-2-4-6-12/h2-8,10H,9,11H2,1H3. The lowest BCUT2D eigenvalue weighted by Gasteiger charge is -2.04. The van der Waals surface area contributed by atoms with Crippen LogP contribution >= 0.6 is 0 Å². The molecule has 0 saturated heterocycles. The summed E-state index contributed by atoms with van der Waals surface area (Å²) < 4.78 is 15.2. The summed E-state index contributed by atoms with van der Waals surface area (Å²) >= 11 is 0. The van der Waals surface area contributed by atoms with E-state index in [9.17, 15) is 4.79 Å². The number of benzene rings is 2. The van der Waals surface area contributed by atoms with E-state index in [0.29, 0.717) is 17.8 Å². The van der Waals surface area contributed by atoms with E-state index in [1.165, 1.54) is 12.7 Å². The molecule has 0 fully saturated rings. The van der Waals surface area contributed by atoms with E-state index in [4.69, 9.17) is 9.26 Å². The molecular weight excluding hydrogens is 282 g/mol. The molecule has 3 rings (SSSR count). The van der Waals surface area contributed by atoms with Crippen LogP contribution in [0.1, 0.15) is 11.3 Å². The molecule has 0 atom stereocenters. The second kappa shape index (κ2) is 6.30. The first-order valence-electron chi connectivity index (χ1n) is 6.88. The highest BCUT2D eigenvalue weighted by atomic mass is 16.6. The number of carbonyl (C=O) groups excluding carboxylic acids is 1. The average molecular weight is 297 g/mol. The van der Waals surface area contributed by atoms with E-state index in [-0.39, 0.29) is 6.61 Å². The quantitative estimate of drug-likeness (QED) is 0.677. The lowest BCUT2D eigenvalue weighted by atomic mass is 10.1. The molecule has 0 aliphatic carbocycles. The molecule has 0 unspecified atom stereocenters. The van der Waals surface area contributed by atoms with E-state index < -0.39 is 5.97 Å². The van der Waals surface area contributed by atoms with Gasteiger partial charge in [-0.2, -0.15) is 0 Å². The molecule has 2 aromatic carbocycles. The van der Waals surface area contributed by atoms with Crippen molar-refractivity contribution >= 4 is 16.9 Å². The number of rotatable bonds is 5. The fraction of sp³-hybridized carbons (Fsp3) is 0.176. The van der Waals surface area contributed by atoms with Gasteiger partial charge >= 0.3 is 5.97 Å². The fourth-order valence-corrected chi connectivity index (χ4v) is 2.18. The number of fused-ring (bicyclic) bond motifs is 1. The Bertz CT molecular complexity index is 780. The summed E-state index contributed by atoms with van der Waals surface area (Å²) in [5, 5.41) is 5.06. The first kappa shape index (κ1) is 14.1. The van der Waals surface area contributed by atoms with E-state index >= 15 is 0 Å². The van der Waals surface area contributed by atoms with Crippen molar-refractivity contribution in [2.24, 2.45) is 0 Å². The SMILES string of the molecule is COC(=O)COc1ccc2c(Cc3ccccc3)noc2c1. The summed E-state index contributed by atoms with van der Waals surface area (Å²) in [5.41, 5.74) is 2.68. The van der Waals surface area contributed by atoms with Crippen LogP contribution in [-0.2, 0) is 16.0 Å². The van der Waals surface area contributed by atoms with E-state index in [1.54, 1.807) is 12.1 Å². The molecule has 0 aliphatic heterocycles. The summed E-state index contributed by atoms with van der Waals surface area (Å²) in [4.78, 5) is 11.1. The maximum Gasteiger partial charge on any atom is 0.343 e. The van der Waals surface area contributed by atoms with Gasteiger partial charge in [-0.3, -0.25) is 0 Å². The van der Waals surface area contributed by atoms with Crippen molar-refractivity contribution in [3.63, 3.8) is 0 Å². The average Bonchev–Trinajstić information content (AvgIpc) is 2.96. The lowest BCUT2D eigenvalue weighted by molar-refractivity contribution is -0.142. The number of hydrogen-bond acceptors (Lipinski definition) is 5. The first-order chi connectivity index (χ1) is 10.8. The van der Waals surface area contributed by atoms with E-state index in [0.717, 1.165) is 11.1 Å². The Morgan fingerprint density at radius 1 is 1.18 bits per heavy atom. The smallest absolute Gasteiger partial charge is 0.343 e. The third-order valence-corrected chi connectivity index (χ3v) is 3.32. The van der Waals surface area contributed by atoms with Crippen LogP contribution in [0.2, 0.25) is 0 Å². The van der Waals surface area contributed by atoms with Crippen LogP contribution in [0.3, 0.4) is 0 Å². The van der Waals surface area contributed by atoms with Crippen molar-refractivity contribution in [3.05, 3.63) is 59.8 Å². The van der Waals surface area contributed by atoms with Crippen LogP contribution in [0.5, 0.6) is 5.75 Å². The normalized spacial score (nSPS) is 10.6. The molecule has 0 saturated carbocycles. The summed E-state index contributed by atoms with van der Waals surface area (Å²) in [6.07, 6.45) is 0.705. The third-order valence-electron chi connectivity index (χ3n) is 3.32. The molecule has 3 aromatic rings. The van der Waals surface area contributed by atoms with Gasteiger partial charge in [-0.1, -0.05) is 35.5 Å². The molecule has 0 amide bonds. The second-order valence-corrected chi connectivity index (χ2v) is 4.81. The number of aromatic nitrogens is 1. The zero-order valence-electron chi connectivity index (χ0n) is 12.1. The van der Waals surface area contributed by atoms with Crippen LogP contribution in [0, 0.1) is 0 Å². The van der Waals surface area contributed by atoms with Crippen molar-refractivity contribution in [2.75, 3.05) is 13.7 Å². The van der Waals surface area contributed by atoms with Gasteiger partial charge < -0.3 is 14.0 Å². The van der Waals surface area contributed by atoms with Crippen LogP contribution < -0.4 is 4.74 Å². The Labute approximate surface area is 127 Å². The molecule has 1 heterocycles. The highest BCUT2D eigenvalue weighted by molar-refractivity contribution is 5.81. The van der Waals surface area contributed by atoms with Gasteiger partial charge in [0, 0.05) is 17.9 Å². The molecule has 5 heteroatoms. The van der Waals surface area contributed by atoms with Crippen molar-refractivity contribution in [3.8, 4) is 5.75 Å². The van der Waals surface area contributed by atoms with Gasteiger partial charge in [-0.05, 0) is 17.7 Å². The first-order valence-corrected chi connectivity index (χ1v) is 6.88.